The van der Waals surface area contributed by atoms with E-state index in [9.17, 15) is 18.0 Å². The van der Waals surface area contributed by atoms with Crippen molar-refractivity contribution in [1.29, 1.82) is 0 Å². The molecule has 0 spiro atoms. The lowest BCUT2D eigenvalue weighted by Crippen LogP contribution is -2.32. The smallest absolute Gasteiger partial charge is 0.277 e. The predicted molar refractivity (Wildman–Crippen MR) is 122 cm³/mol. The highest BCUT2D eigenvalue weighted by atomic mass is 19.3. The van der Waals surface area contributed by atoms with Gasteiger partial charge in [0.1, 0.15) is 23.0 Å². The minimum Gasteiger partial charge on any atom is -0.363 e. The van der Waals surface area contributed by atoms with Crippen molar-refractivity contribution >= 4 is 16.7 Å². The van der Waals surface area contributed by atoms with Gasteiger partial charge in [-0.2, -0.15) is 0 Å². The number of hydrogen-bond acceptors (Lipinski definition) is 5. The molecule has 4 rings (SSSR count). The van der Waals surface area contributed by atoms with Gasteiger partial charge in [0.15, 0.2) is 0 Å². The Kier molecular flexibility index (Phi) is 6.43. The van der Waals surface area contributed by atoms with Gasteiger partial charge in [-0.15, -0.1) is 0 Å². The first kappa shape index (κ1) is 23.2. The van der Waals surface area contributed by atoms with Crippen molar-refractivity contribution < 1.29 is 13.2 Å². The van der Waals surface area contributed by atoms with Crippen molar-refractivity contribution in [1.82, 2.24) is 19.4 Å². The quantitative estimate of drug-likeness (QED) is 0.600. The molecule has 0 aliphatic carbocycles. The summed E-state index contributed by atoms with van der Waals surface area (Å²) >= 11 is 0. The first-order chi connectivity index (χ1) is 15.7. The molecule has 0 amide bonds. The van der Waals surface area contributed by atoms with E-state index in [-0.39, 0.29) is 22.6 Å². The van der Waals surface area contributed by atoms with Crippen LogP contribution in [0.5, 0.6) is 0 Å². The summed E-state index contributed by atoms with van der Waals surface area (Å²) in [6, 6.07) is 5.25. The molecule has 3 aromatic rings. The van der Waals surface area contributed by atoms with Gasteiger partial charge in [0.05, 0.1) is 17.0 Å². The molecule has 1 aliphatic rings. The maximum absolute atomic E-state index is 14.7. The molecular weight excluding hydrogens is 431 g/mol. The molecule has 1 aliphatic heterocycles. The monoisotopic (exact) mass is 459 g/mol. The summed E-state index contributed by atoms with van der Waals surface area (Å²) < 4.78 is 42.7. The Labute approximate surface area is 190 Å². The molecular formula is C24H28F3N5O. The molecule has 0 saturated carbocycles. The third-order valence-electron chi connectivity index (χ3n) is 6.49. The van der Waals surface area contributed by atoms with E-state index < -0.39 is 23.8 Å². The largest absolute Gasteiger partial charge is 0.363 e. The molecule has 33 heavy (non-hydrogen) atoms. The molecule has 3 heterocycles. The standard InChI is InChI=1S/C24H28F3N5O/c1-13(16-6-5-7-17(20(16)25)22(26)27)28-23-18-12-19(15-8-10-31(3)11-9-15)32(4)24(33)21(18)29-14(2)30-23/h5-7,12-13,15,22H,8-11H2,1-4H3,(H,28,29,30)/t13-/m1/s1. The van der Waals surface area contributed by atoms with E-state index in [1.165, 1.54) is 12.1 Å². The number of aryl methyl sites for hydroxylation is 1. The summed E-state index contributed by atoms with van der Waals surface area (Å²) in [7, 11) is 3.84. The van der Waals surface area contributed by atoms with E-state index in [1.807, 2.05) is 6.07 Å². The van der Waals surface area contributed by atoms with Gasteiger partial charge >= 0.3 is 0 Å². The number of hydrogen-bond donors (Lipinski definition) is 1. The fourth-order valence-corrected chi connectivity index (χ4v) is 4.56. The number of nitrogens with zero attached hydrogens (tertiary/aromatic N) is 4. The Morgan fingerprint density at radius 3 is 2.45 bits per heavy atom. The zero-order chi connectivity index (χ0) is 23.9. The van der Waals surface area contributed by atoms with Gasteiger partial charge in [-0.3, -0.25) is 4.79 Å². The minimum atomic E-state index is -2.90. The minimum absolute atomic E-state index is 0.108. The van der Waals surface area contributed by atoms with Gasteiger partial charge in [-0.25, -0.2) is 23.1 Å². The summed E-state index contributed by atoms with van der Waals surface area (Å²) in [6.07, 6.45) is -1.03. The van der Waals surface area contributed by atoms with Crippen molar-refractivity contribution in [3.8, 4) is 0 Å². The van der Waals surface area contributed by atoms with E-state index in [4.69, 9.17) is 0 Å². The zero-order valence-corrected chi connectivity index (χ0v) is 19.2. The van der Waals surface area contributed by atoms with E-state index in [0.29, 0.717) is 17.0 Å². The van der Waals surface area contributed by atoms with Crippen LogP contribution in [0.25, 0.3) is 10.9 Å². The number of fused-ring (bicyclic) bond motifs is 1. The Bertz CT molecular complexity index is 1230. The number of rotatable bonds is 5. The van der Waals surface area contributed by atoms with Crippen molar-refractivity contribution in [2.24, 2.45) is 7.05 Å². The van der Waals surface area contributed by atoms with Gasteiger partial charge in [-0.1, -0.05) is 18.2 Å². The maximum Gasteiger partial charge on any atom is 0.277 e. The molecule has 1 aromatic carbocycles. The highest BCUT2D eigenvalue weighted by Crippen LogP contribution is 2.32. The predicted octanol–water partition coefficient (Wildman–Crippen LogP) is 4.70. The molecule has 0 bridgehead atoms. The molecule has 1 atom stereocenters. The summed E-state index contributed by atoms with van der Waals surface area (Å²) in [5, 5.41) is 3.69. The van der Waals surface area contributed by atoms with Gasteiger partial charge < -0.3 is 14.8 Å². The number of anilines is 1. The molecule has 0 radical (unpaired) electrons. The lowest BCUT2D eigenvalue weighted by molar-refractivity contribution is 0.146. The summed E-state index contributed by atoms with van der Waals surface area (Å²) in [5.41, 5.74) is 0.446. The van der Waals surface area contributed by atoms with Gasteiger partial charge in [0, 0.05) is 24.2 Å². The van der Waals surface area contributed by atoms with Crippen LogP contribution in [0, 0.1) is 12.7 Å². The number of piperidine rings is 1. The van der Waals surface area contributed by atoms with Crippen LogP contribution in [0.15, 0.2) is 29.1 Å². The van der Waals surface area contributed by atoms with Gasteiger partial charge in [-0.05, 0) is 52.9 Å². The molecule has 2 aromatic heterocycles. The second kappa shape index (κ2) is 9.13. The highest BCUT2D eigenvalue weighted by molar-refractivity contribution is 5.89. The van der Waals surface area contributed by atoms with E-state index >= 15 is 0 Å². The summed E-state index contributed by atoms with van der Waals surface area (Å²) in [4.78, 5) is 24.3. The van der Waals surface area contributed by atoms with Crippen molar-refractivity contribution in [3.05, 3.63) is 63.1 Å². The normalized spacial score (nSPS) is 16.5. The number of benzene rings is 1. The second-order valence-corrected chi connectivity index (χ2v) is 8.81. The molecule has 9 heteroatoms. The van der Waals surface area contributed by atoms with Crippen LogP contribution < -0.4 is 10.9 Å². The Morgan fingerprint density at radius 1 is 1.12 bits per heavy atom. The molecule has 6 nitrogen and oxygen atoms in total. The number of pyridine rings is 1. The molecule has 176 valence electrons. The maximum atomic E-state index is 14.7. The first-order valence-corrected chi connectivity index (χ1v) is 11.1. The molecule has 1 fully saturated rings. The Hall–Kier alpha value is -2.94. The fourth-order valence-electron chi connectivity index (χ4n) is 4.56. The van der Waals surface area contributed by atoms with Crippen LogP contribution >= 0.6 is 0 Å². The van der Waals surface area contributed by atoms with Crippen LogP contribution in [0.4, 0.5) is 19.0 Å². The van der Waals surface area contributed by atoms with Crippen molar-refractivity contribution in [2.45, 2.75) is 45.1 Å². The Balaban J connectivity index is 1.78. The number of alkyl halides is 2. The lowest BCUT2D eigenvalue weighted by Gasteiger charge is -2.30. The molecule has 1 N–H and O–H groups in total. The molecule has 1 saturated heterocycles. The topological polar surface area (TPSA) is 63.1 Å². The molecule has 0 unspecified atom stereocenters. The van der Waals surface area contributed by atoms with Crippen molar-refractivity contribution in [2.75, 3.05) is 25.5 Å². The van der Waals surface area contributed by atoms with Crippen LogP contribution in [0.2, 0.25) is 0 Å². The van der Waals surface area contributed by atoms with E-state index in [1.54, 1.807) is 25.5 Å². The third kappa shape index (κ3) is 4.46. The van der Waals surface area contributed by atoms with Gasteiger partial charge in [0.25, 0.3) is 12.0 Å². The van der Waals surface area contributed by atoms with E-state index in [0.717, 1.165) is 37.7 Å². The number of halogens is 3. The Morgan fingerprint density at radius 2 is 1.79 bits per heavy atom. The number of aromatic nitrogens is 3. The average Bonchev–Trinajstić information content (AvgIpc) is 2.77. The van der Waals surface area contributed by atoms with Gasteiger partial charge in [0.2, 0.25) is 0 Å². The van der Waals surface area contributed by atoms with Crippen LogP contribution in [0.1, 0.15) is 60.8 Å². The summed E-state index contributed by atoms with van der Waals surface area (Å²) in [6.45, 7) is 5.25. The van der Waals surface area contributed by atoms with Crippen LogP contribution in [0.3, 0.4) is 0 Å². The van der Waals surface area contributed by atoms with Crippen LogP contribution in [-0.2, 0) is 7.05 Å². The fraction of sp³-hybridized carbons (Fsp3) is 0.458. The zero-order valence-electron chi connectivity index (χ0n) is 19.2. The third-order valence-corrected chi connectivity index (χ3v) is 6.49. The SMILES string of the molecule is Cc1nc(N[C@H](C)c2cccc(C(F)F)c2F)c2cc(C3CCN(C)CC3)n(C)c(=O)c2n1. The highest BCUT2D eigenvalue weighted by Gasteiger charge is 2.24. The van der Waals surface area contributed by atoms with E-state index in [2.05, 4.69) is 27.2 Å². The lowest BCUT2D eigenvalue weighted by atomic mass is 9.92. The average molecular weight is 460 g/mol. The number of nitrogens with one attached hydrogen (secondary N) is 1. The first-order valence-electron chi connectivity index (χ1n) is 11.1. The number of likely N-dealkylation sites (tertiary alicyclic amines) is 1. The summed E-state index contributed by atoms with van der Waals surface area (Å²) in [5.74, 6) is 0.0717. The van der Waals surface area contributed by atoms with Crippen molar-refractivity contribution in [3.63, 3.8) is 0 Å². The van der Waals surface area contributed by atoms with Crippen LogP contribution in [-0.4, -0.2) is 39.6 Å². The second-order valence-electron chi connectivity index (χ2n) is 8.81.